The lowest BCUT2D eigenvalue weighted by Crippen LogP contribution is -2.33. The molecule has 0 radical (unpaired) electrons. The summed E-state index contributed by atoms with van der Waals surface area (Å²) in [5, 5.41) is 23.9. The van der Waals surface area contributed by atoms with Gasteiger partial charge < -0.3 is 10.4 Å². The predicted molar refractivity (Wildman–Crippen MR) is 87.2 cm³/mol. The number of amides is 1. The Hall–Kier alpha value is -2.42. The molecule has 0 bridgehead atoms. The molecule has 2 aromatic rings. The summed E-state index contributed by atoms with van der Waals surface area (Å²) < 4.78 is 1.49. The van der Waals surface area contributed by atoms with Gasteiger partial charge in [-0.2, -0.15) is 4.68 Å². The zero-order valence-electron chi connectivity index (χ0n) is 12.9. The van der Waals surface area contributed by atoms with E-state index in [4.69, 9.17) is 5.11 Å². The van der Waals surface area contributed by atoms with Crippen molar-refractivity contribution in [1.29, 1.82) is 0 Å². The van der Waals surface area contributed by atoms with E-state index in [1.54, 1.807) is 12.1 Å². The van der Waals surface area contributed by atoms with Crippen LogP contribution in [0.2, 0.25) is 0 Å². The number of nitrogens with zero attached hydrogens (tertiary/aromatic N) is 4. The van der Waals surface area contributed by atoms with Crippen molar-refractivity contribution in [2.24, 2.45) is 0 Å². The van der Waals surface area contributed by atoms with Gasteiger partial charge >= 0.3 is 5.97 Å². The number of carboxylic acids is 1. The van der Waals surface area contributed by atoms with E-state index in [2.05, 4.69) is 20.8 Å². The first kappa shape index (κ1) is 16.4. The second kappa shape index (κ2) is 7.43. The number of aromatic carboxylic acids is 1. The number of rotatable bonds is 6. The minimum atomic E-state index is -0.989. The van der Waals surface area contributed by atoms with Gasteiger partial charge in [-0.05, 0) is 47.5 Å². The highest BCUT2D eigenvalue weighted by Gasteiger charge is 2.18. The first-order chi connectivity index (χ1) is 11.6. The monoisotopic (exact) mass is 347 g/mol. The SMILES string of the molecule is O=C(CSc1nnnn1-c1ccc(C(=O)O)cc1)NC1CCCC1. The van der Waals surface area contributed by atoms with Crippen molar-refractivity contribution in [3.05, 3.63) is 29.8 Å². The number of carboxylic acid groups (broad SMARTS) is 1. The van der Waals surface area contributed by atoms with Gasteiger partial charge in [0.15, 0.2) is 0 Å². The average molecular weight is 347 g/mol. The van der Waals surface area contributed by atoms with Crippen LogP contribution in [0.3, 0.4) is 0 Å². The standard InChI is InChI=1S/C15H17N5O3S/c21-13(16-11-3-1-2-4-11)9-24-15-17-18-19-20(15)12-7-5-10(6-8-12)14(22)23/h5-8,11H,1-4,9H2,(H,16,21)(H,22,23). The summed E-state index contributed by atoms with van der Waals surface area (Å²) in [5.74, 6) is -0.775. The van der Waals surface area contributed by atoms with Gasteiger partial charge in [0.1, 0.15) is 0 Å². The van der Waals surface area contributed by atoms with Gasteiger partial charge in [0.05, 0.1) is 17.0 Å². The quantitative estimate of drug-likeness (QED) is 0.762. The van der Waals surface area contributed by atoms with Crippen LogP contribution >= 0.6 is 11.8 Å². The van der Waals surface area contributed by atoms with Crippen LogP contribution in [-0.4, -0.2) is 49.0 Å². The van der Waals surface area contributed by atoms with Crippen LogP contribution < -0.4 is 5.32 Å². The van der Waals surface area contributed by atoms with Crippen molar-refractivity contribution < 1.29 is 14.7 Å². The van der Waals surface area contributed by atoms with Gasteiger partial charge in [0.25, 0.3) is 0 Å². The van der Waals surface area contributed by atoms with Crippen LogP contribution in [0, 0.1) is 0 Å². The fraction of sp³-hybridized carbons (Fsp3) is 0.400. The zero-order valence-corrected chi connectivity index (χ0v) is 13.7. The molecular formula is C15H17N5O3S. The summed E-state index contributed by atoms with van der Waals surface area (Å²) in [4.78, 5) is 22.9. The second-order valence-corrected chi connectivity index (χ2v) is 6.51. The molecule has 1 amide bonds. The van der Waals surface area contributed by atoms with Crippen molar-refractivity contribution >= 4 is 23.6 Å². The highest BCUT2D eigenvalue weighted by molar-refractivity contribution is 7.99. The van der Waals surface area contributed by atoms with Crippen LogP contribution in [0.15, 0.2) is 29.4 Å². The lowest BCUT2D eigenvalue weighted by Gasteiger charge is -2.11. The first-order valence-corrected chi connectivity index (χ1v) is 8.66. The molecule has 0 unspecified atom stereocenters. The molecule has 0 saturated heterocycles. The van der Waals surface area contributed by atoms with Gasteiger partial charge in [-0.15, -0.1) is 5.10 Å². The molecule has 1 saturated carbocycles. The van der Waals surface area contributed by atoms with E-state index in [-0.39, 0.29) is 23.3 Å². The van der Waals surface area contributed by atoms with Crippen LogP contribution in [0.1, 0.15) is 36.0 Å². The highest BCUT2D eigenvalue weighted by Crippen LogP contribution is 2.20. The Labute approximate surface area is 142 Å². The number of thioether (sulfide) groups is 1. The highest BCUT2D eigenvalue weighted by atomic mass is 32.2. The Kier molecular flexibility index (Phi) is 5.09. The summed E-state index contributed by atoms with van der Waals surface area (Å²) in [6, 6.07) is 6.52. The number of benzene rings is 1. The molecule has 0 atom stereocenters. The maximum absolute atomic E-state index is 12.0. The Bertz CT molecular complexity index is 725. The fourth-order valence-corrected chi connectivity index (χ4v) is 3.35. The van der Waals surface area contributed by atoms with E-state index in [1.807, 2.05) is 0 Å². The number of hydrogen-bond donors (Lipinski definition) is 2. The van der Waals surface area contributed by atoms with Crippen LogP contribution in [0.25, 0.3) is 5.69 Å². The fourth-order valence-electron chi connectivity index (χ4n) is 2.65. The molecule has 1 aromatic carbocycles. The Balaban J connectivity index is 1.62. The van der Waals surface area contributed by atoms with Gasteiger partial charge in [0, 0.05) is 6.04 Å². The molecule has 0 aliphatic heterocycles. The van der Waals surface area contributed by atoms with E-state index in [0.717, 1.165) is 12.8 Å². The third kappa shape index (κ3) is 3.91. The molecule has 0 spiro atoms. The maximum atomic E-state index is 12.0. The normalized spacial score (nSPS) is 14.7. The van der Waals surface area contributed by atoms with Gasteiger partial charge in [-0.3, -0.25) is 4.79 Å². The molecule has 2 N–H and O–H groups in total. The third-order valence-corrected chi connectivity index (χ3v) is 4.77. The summed E-state index contributed by atoms with van der Waals surface area (Å²) >= 11 is 1.25. The van der Waals surface area contributed by atoms with Crippen molar-refractivity contribution in [2.45, 2.75) is 36.9 Å². The lowest BCUT2D eigenvalue weighted by molar-refractivity contribution is -0.119. The van der Waals surface area contributed by atoms with E-state index >= 15 is 0 Å². The lowest BCUT2D eigenvalue weighted by atomic mass is 10.2. The number of tetrazole rings is 1. The Morgan fingerprint density at radius 1 is 1.25 bits per heavy atom. The molecule has 3 rings (SSSR count). The molecule has 1 heterocycles. The molecule has 1 aromatic heterocycles. The molecule has 126 valence electrons. The molecule has 1 aliphatic rings. The van der Waals surface area contributed by atoms with Gasteiger partial charge in [0.2, 0.25) is 11.1 Å². The molecular weight excluding hydrogens is 330 g/mol. The molecule has 1 fully saturated rings. The van der Waals surface area contributed by atoms with Crippen molar-refractivity contribution in [1.82, 2.24) is 25.5 Å². The third-order valence-electron chi connectivity index (χ3n) is 3.85. The number of aromatic nitrogens is 4. The number of carbonyl (C=O) groups is 2. The topological polar surface area (TPSA) is 110 Å². The van der Waals surface area contributed by atoms with E-state index in [1.165, 1.54) is 41.4 Å². The minimum Gasteiger partial charge on any atom is -0.478 e. The summed E-state index contributed by atoms with van der Waals surface area (Å²) in [5.41, 5.74) is 0.834. The second-order valence-electron chi connectivity index (χ2n) is 5.56. The Morgan fingerprint density at radius 3 is 2.62 bits per heavy atom. The van der Waals surface area contributed by atoms with E-state index in [0.29, 0.717) is 10.8 Å². The number of hydrogen-bond acceptors (Lipinski definition) is 6. The van der Waals surface area contributed by atoms with E-state index < -0.39 is 5.97 Å². The summed E-state index contributed by atoms with van der Waals surface area (Å²) in [6.45, 7) is 0. The van der Waals surface area contributed by atoms with Gasteiger partial charge in [-0.25, -0.2) is 4.79 Å². The number of carbonyl (C=O) groups excluding carboxylic acids is 1. The summed E-state index contributed by atoms with van der Waals surface area (Å²) in [7, 11) is 0. The molecule has 8 nitrogen and oxygen atoms in total. The molecule has 9 heteroatoms. The minimum absolute atomic E-state index is 0.0253. The predicted octanol–water partition coefficient (Wildman–Crippen LogP) is 1.51. The largest absolute Gasteiger partial charge is 0.478 e. The molecule has 1 aliphatic carbocycles. The average Bonchev–Trinajstić information content (AvgIpc) is 3.24. The first-order valence-electron chi connectivity index (χ1n) is 7.68. The van der Waals surface area contributed by atoms with Crippen LogP contribution in [0.5, 0.6) is 0 Å². The maximum Gasteiger partial charge on any atom is 0.335 e. The Morgan fingerprint density at radius 2 is 1.96 bits per heavy atom. The van der Waals surface area contributed by atoms with Crippen LogP contribution in [0.4, 0.5) is 0 Å². The van der Waals surface area contributed by atoms with Crippen LogP contribution in [-0.2, 0) is 4.79 Å². The van der Waals surface area contributed by atoms with E-state index in [9.17, 15) is 9.59 Å². The van der Waals surface area contributed by atoms with Crippen molar-refractivity contribution in [3.8, 4) is 5.69 Å². The van der Waals surface area contributed by atoms with Crippen molar-refractivity contribution in [3.63, 3.8) is 0 Å². The summed E-state index contributed by atoms with van der Waals surface area (Å²) in [6.07, 6.45) is 4.43. The molecule has 24 heavy (non-hydrogen) atoms. The van der Waals surface area contributed by atoms with Gasteiger partial charge in [-0.1, -0.05) is 24.6 Å². The van der Waals surface area contributed by atoms with Crippen molar-refractivity contribution in [2.75, 3.05) is 5.75 Å². The smallest absolute Gasteiger partial charge is 0.335 e. The zero-order chi connectivity index (χ0) is 16.9. The number of nitrogens with one attached hydrogen (secondary N) is 1.